The van der Waals surface area contributed by atoms with Crippen LogP contribution in [-0.4, -0.2) is 131 Å². The number of hydrogen-bond donors (Lipinski definition) is 2. The molecule has 0 bridgehead atoms. The van der Waals surface area contributed by atoms with Crippen molar-refractivity contribution < 1.29 is 32.3 Å². The molecule has 0 radical (unpaired) electrons. The number of amides is 4. The van der Waals surface area contributed by atoms with Gasteiger partial charge in [-0.05, 0) is 117 Å². The minimum atomic E-state index is -0.820. The van der Waals surface area contributed by atoms with E-state index in [1.54, 1.807) is 19.3 Å². The number of piperazine rings is 1. The number of aromatic nitrogens is 2. The molecule has 382 valence electrons. The quantitative estimate of drug-likeness (QED) is 0.159. The Labute approximate surface area is 422 Å². The highest BCUT2D eigenvalue weighted by Gasteiger charge is 2.61. The fraction of sp³-hybridized carbons (Fsp3) is 0.464. The highest BCUT2D eigenvalue weighted by Crippen LogP contribution is 2.58. The van der Waals surface area contributed by atoms with Gasteiger partial charge in [-0.25, -0.2) is 13.2 Å². The Hall–Kier alpha value is -6.43. The third-order valence-electron chi connectivity index (χ3n) is 17.0. The average Bonchev–Trinajstić information content (AvgIpc) is 4.09. The van der Waals surface area contributed by atoms with E-state index >= 15 is 8.78 Å². The van der Waals surface area contributed by atoms with E-state index < -0.39 is 34.8 Å². The predicted molar refractivity (Wildman–Crippen MR) is 272 cm³/mol. The number of rotatable bonds is 11. The second kappa shape index (κ2) is 19.1. The minimum Gasteiger partial charge on any atom is -0.386 e. The SMILES string of the molecule is CNc1cc(=O)n(-c2ccnc3c2C=C([C@H](C)N2CC=C(c4c(C)cc(C(=O)N5CCC(CN6CCN(Cc7cc8c(cc7F)N(C7CCC(=O)NC7=O)C(=O)C87CC7)CC6)CC5)cc4F)CC2)C3C)cc1F. The van der Waals surface area contributed by atoms with Crippen LogP contribution in [0.5, 0.6) is 0 Å². The van der Waals surface area contributed by atoms with E-state index in [1.807, 2.05) is 24.0 Å². The Morgan fingerprint density at radius 1 is 0.890 bits per heavy atom. The summed E-state index contributed by atoms with van der Waals surface area (Å²) in [5.74, 6) is -2.12. The third-order valence-corrected chi connectivity index (χ3v) is 17.0. The molecule has 4 fully saturated rings. The zero-order valence-corrected chi connectivity index (χ0v) is 41.9. The van der Waals surface area contributed by atoms with Crippen LogP contribution < -0.4 is 21.1 Å². The normalized spacial score (nSPS) is 22.8. The molecule has 7 heterocycles. The number of nitrogens with one attached hydrogen (secondary N) is 2. The van der Waals surface area contributed by atoms with Crippen LogP contribution in [-0.2, 0) is 26.3 Å². The zero-order valence-electron chi connectivity index (χ0n) is 41.9. The molecule has 1 spiro atoms. The molecule has 4 aromatic rings. The number of aryl methyl sites for hydroxylation is 1. The Morgan fingerprint density at radius 3 is 2.33 bits per heavy atom. The van der Waals surface area contributed by atoms with Gasteiger partial charge in [-0.2, -0.15) is 0 Å². The van der Waals surface area contributed by atoms with Gasteiger partial charge in [0.1, 0.15) is 17.7 Å². The molecule has 2 aromatic carbocycles. The number of carbonyl (C=O) groups is 4. The van der Waals surface area contributed by atoms with Gasteiger partial charge in [0.15, 0.2) is 5.82 Å². The summed E-state index contributed by atoms with van der Waals surface area (Å²) in [6.07, 6.45) is 11.1. The molecule has 17 heteroatoms. The van der Waals surface area contributed by atoms with E-state index in [1.165, 1.54) is 33.9 Å². The van der Waals surface area contributed by atoms with Gasteiger partial charge in [0.25, 0.3) is 11.5 Å². The topological polar surface area (TPSA) is 143 Å². The van der Waals surface area contributed by atoms with Gasteiger partial charge in [-0.15, -0.1) is 0 Å². The van der Waals surface area contributed by atoms with E-state index in [-0.39, 0.29) is 53.8 Å². The number of benzene rings is 2. The molecule has 4 amide bonds. The molecule has 1 saturated carbocycles. The number of piperidine rings is 2. The number of nitrogens with zero attached hydrogens (tertiary/aromatic N) is 7. The number of carbonyl (C=O) groups excluding carboxylic acids is 4. The fourth-order valence-electron chi connectivity index (χ4n) is 12.6. The van der Waals surface area contributed by atoms with E-state index in [0.717, 1.165) is 79.1 Å². The standard InChI is InChI=1S/C56H62F3N9O5/c1-32-23-37(25-43(58)51(32)36-10-17-65(18-11-36)34(3)39-26-40-46(7-14-61-52(40)33(39)2)67-31-44(59)45(60-4)28-50(67)70)54(72)66-15-8-35(9-16-66)29-63-19-21-64(22-20-63)30-38-24-41-48(27-42(38)57)68(55(73)56(41)12-13-56)47-5-6-49(69)62-53(47)71/h7,10,14,23-28,31,33-35,47,60H,5-6,8-9,11-13,15-22,29-30H2,1-4H3,(H,62,69,71)/t33?,34-,47?/m0/s1. The molecular formula is C56H62F3N9O5. The number of anilines is 2. The van der Waals surface area contributed by atoms with Crippen molar-refractivity contribution in [1.82, 2.24) is 34.5 Å². The van der Waals surface area contributed by atoms with Crippen LogP contribution in [0.4, 0.5) is 24.5 Å². The Bertz CT molecular complexity index is 3050. The lowest BCUT2D eigenvalue weighted by Gasteiger charge is -2.39. The third kappa shape index (κ3) is 8.80. The van der Waals surface area contributed by atoms with Crippen molar-refractivity contribution in [1.29, 1.82) is 0 Å². The fourth-order valence-corrected chi connectivity index (χ4v) is 12.6. The van der Waals surface area contributed by atoms with Crippen molar-refractivity contribution >= 4 is 46.7 Å². The van der Waals surface area contributed by atoms with Gasteiger partial charge in [0.2, 0.25) is 17.7 Å². The Morgan fingerprint density at radius 2 is 1.64 bits per heavy atom. The molecule has 3 saturated heterocycles. The summed E-state index contributed by atoms with van der Waals surface area (Å²) in [6.45, 7) is 13.2. The molecule has 5 aliphatic heterocycles. The van der Waals surface area contributed by atoms with E-state index in [4.69, 9.17) is 0 Å². The molecule has 73 heavy (non-hydrogen) atoms. The highest BCUT2D eigenvalue weighted by atomic mass is 19.1. The van der Waals surface area contributed by atoms with Crippen LogP contribution in [0, 0.1) is 30.3 Å². The number of hydrogen-bond acceptors (Lipinski definition) is 10. The second-order valence-corrected chi connectivity index (χ2v) is 21.3. The molecule has 7 aliphatic rings. The largest absolute Gasteiger partial charge is 0.386 e. The van der Waals surface area contributed by atoms with E-state index in [9.17, 15) is 28.4 Å². The van der Waals surface area contributed by atoms with Crippen molar-refractivity contribution in [2.75, 3.05) is 76.2 Å². The average molecular weight is 998 g/mol. The van der Waals surface area contributed by atoms with Crippen LogP contribution in [0.15, 0.2) is 65.2 Å². The molecule has 11 rings (SSSR count). The lowest BCUT2D eigenvalue weighted by atomic mass is 9.91. The van der Waals surface area contributed by atoms with Crippen LogP contribution in [0.2, 0.25) is 0 Å². The Kier molecular flexibility index (Phi) is 12.8. The number of halogens is 3. The maximum atomic E-state index is 16.1. The van der Waals surface area contributed by atoms with Gasteiger partial charge < -0.3 is 15.1 Å². The summed E-state index contributed by atoms with van der Waals surface area (Å²) < 4.78 is 48.1. The van der Waals surface area contributed by atoms with E-state index in [2.05, 4.69) is 56.3 Å². The molecule has 14 nitrogen and oxygen atoms in total. The number of imide groups is 1. The zero-order chi connectivity index (χ0) is 51.0. The number of fused-ring (bicyclic) bond motifs is 3. The monoisotopic (exact) mass is 997 g/mol. The molecule has 2 aromatic heterocycles. The first kappa shape index (κ1) is 48.8. The summed E-state index contributed by atoms with van der Waals surface area (Å²) in [5, 5.41) is 5.06. The Balaban J connectivity index is 0.665. The van der Waals surface area contributed by atoms with Crippen LogP contribution >= 0.6 is 0 Å². The second-order valence-electron chi connectivity index (χ2n) is 21.3. The summed E-state index contributed by atoms with van der Waals surface area (Å²) in [4.78, 5) is 80.1. The number of likely N-dealkylation sites (tertiary alicyclic amines) is 1. The molecular weight excluding hydrogens is 936 g/mol. The summed E-state index contributed by atoms with van der Waals surface area (Å²) >= 11 is 0. The maximum Gasteiger partial charge on any atom is 0.257 e. The van der Waals surface area contributed by atoms with E-state index in [0.29, 0.717) is 86.0 Å². The highest BCUT2D eigenvalue weighted by molar-refractivity contribution is 6.15. The van der Waals surface area contributed by atoms with Crippen molar-refractivity contribution in [3.05, 3.63) is 127 Å². The first-order valence-electron chi connectivity index (χ1n) is 25.9. The van der Waals surface area contributed by atoms with Crippen molar-refractivity contribution in [3.8, 4) is 5.69 Å². The minimum absolute atomic E-state index is 0.0184. The maximum absolute atomic E-state index is 16.1. The number of pyridine rings is 2. The van der Waals surface area contributed by atoms with Crippen LogP contribution in [0.1, 0.15) is 109 Å². The van der Waals surface area contributed by atoms with Gasteiger partial charge in [0.05, 0.1) is 34.4 Å². The van der Waals surface area contributed by atoms with Gasteiger partial charge >= 0.3 is 0 Å². The lowest BCUT2D eigenvalue weighted by molar-refractivity contribution is -0.135. The van der Waals surface area contributed by atoms with Gasteiger partial charge in [0, 0.05) is 125 Å². The first-order chi connectivity index (χ1) is 35.1. The molecule has 2 unspecified atom stereocenters. The van der Waals surface area contributed by atoms with Gasteiger partial charge in [-0.3, -0.25) is 53.5 Å². The van der Waals surface area contributed by atoms with Crippen molar-refractivity contribution in [2.24, 2.45) is 5.92 Å². The van der Waals surface area contributed by atoms with Crippen LogP contribution in [0.25, 0.3) is 17.3 Å². The van der Waals surface area contributed by atoms with Crippen molar-refractivity contribution in [3.63, 3.8) is 0 Å². The molecule has 2 N–H and O–H groups in total. The van der Waals surface area contributed by atoms with Crippen LogP contribution in [0.3, 0.4) is 0 Å². The summed E-state index contributed by atoms with van der Waals surface area (Å²) in [5.41, 5.74) is 6.80. The summed E-state index contributed by atoms with van der Waals surface area (Å²) in [7, 11) is 1.57. The lowest BCUT2D eigenvalue weighted by Crippen LogP contribution is -2.54. The van der Waals surface area contributed by atoms with Gasteiger partial charge in [-0.1, -0.05) is 13.0 Å². The first-order valence-corrected chi connectivity index (χ1v) is 25.9. The molecule has 2 aliphatic carbocycles. The van der Waals surface area contributed by atoms with Crippen molar-refractivity contribution in [2.45, 2.75) is 95.7 Å². The smallest absolute Gasteiger partial charge is 0.257 e. The predicted octanol–water partition coefficient (Wildman–Crippen LogP) is 6.53. The molecule has 3 atom stereocenters. The summed E-state index contributed by atoms with van der Waals surface area (Å²) in [6, 6.07) is 8.67.